The van der Waals surface area contributed by atoms with Crippen LogP contribution in [0.3, 0.4) is 0 Å². The molecule has 0 aliphatic heterocycles. The number of rotatable bonds is 14. The highest BCUT2D eigenvalue weighted by atomic mass is 32.1. The normalized spacial score (nSPS) is 13.3. The average Bonchev–Trinajstić information content (AvgIpc) is 3.68. The molecule has 0 atom stereocenters. The predicted molar refractivity (Wildman–Crippen MR) is 236 cm³/mol. The molecule has 266 valence electrons. The van der Waals surface area contributed by atoms with Crippen LogP contribution in [0.5, 0.6) is 0 Å². The van der Waals surface area contributed by atoms with Crippen molar-refractivity contribution < 1.29 is 0 Å². The zero-order valence-electron chi connectivity index (χ0n) is 30.9. The third-order valence-electron chi connectivity index (χ3n) is 8.79. The predicted octanol–water partition coefficient (Wildman–Crippen LogP) is 12.9. The van der Waals surface area contributed by atoms with Gasteiger partial charge in [0.2, 0.25) is 0 Å². The number of fused-ring (bicyclic) bond motifs is 8. The third-order valence-corrected chi connectivity index (χ3v) is 9.32. The van der Waals surface area contributed by atoms with E-state index in [9.17, 15) is 0 Å². The molecule has 0 fully saturated rings. The van der Waals surface area contributed by atoms with Crippen LogP contribution in [-0.2, 0) is 0 Å². The Balaban J connectivity index is 1.99. The van der Waals surface area contributed by atoms with Gasteiger partial charge in [0, 0.05) is 33.6 Å². The lowest BCUT2D eigenvalue weighted by molar-refractivity contribution is 1.13. The number of aromatic nitrogens is 4. The molecule has 6 nitrogen and oxygen atoms in total. The van der Waals surface area contributed by atoms with Crippen molar-refractivity contribution in [2.45, 2.75) is 20.8 Å². The van der Waals surface area contributed by atoms with Gasteiger partial charge in [-0.15, -0.1) is 0 Å². The van der Waals surface area contributed by atoms with Gasteiger partial charge in [0.1, 0.15) is 33.4 Å². The summed E-state index contributed by atoms with van der Waals surface area (Å²) in [6, 6.07) is 16.7. The number of allylic oxidation sites excluding steroid dienone is 15. The topological polar surface area (TPSA) is 58.0 Å². The fraction of sp³-hybridized carbons (Fsp3) is 0.0638. The highest BCUT2D eigenvalue weighted by Gasteiger charge is 2.31. The lowest BCUT2D eigenvalue weighted by atomic mass is 9.99. The first-order valence-corrected chi connectivity index (χ1v) is 18.3. The van der Waals surface area contributed by atoms with Crippen molar-refractivity contribution in [3.63, 3.8) is 0 Å². The molecule has 0 bridgehead atoms. The maximum absolute atomic E-state index is 5.67. The van der Waals surface area contributed by atoms with Crippen LogP contribution in [0, 0.1) is 0 Å². The Kier molecular flexibility index (Phi) is 11.5. The molecule has 6 rings (SSSR count). The van der Waals surface area contributed by atoms with Gasteiger partial charge >= 0.3 is 0 Å². The lowest BCUT2D eigenvalue weighted by Crippen LogP contribution is -2.24. The molecule has 7 heteroatoms. The van der Waals surface area contributed by atoms with Crippen LogP contribution in [0.25, 0.3) is 54.6 Å². The summed E-state index contributed by atoms with van der Waals surface area (Å²) in [5.74, 6) is 0. The van der Waals surface area contributed by atoms with Gasteiger partial charge in [-0.1, -0.05) is 124 Å². The van der Waals surface area contributed by atoms with E-state index in [0.29, 0.717) is 27.8 Å². The molecule has 4 aromatic carbocycles. The van der Waals surface area contributed by atoms with E-state index >= 15 is 0 Å². The van der Waals surface area contributed by atoms with Gasteiger partial charge in [0.05, 0.1) is 22.8 Å². The van der Waals surface area contributed by atoms with Crippen molar-refractivity contribution in [1.82, 2.24) is 18.7 Å². The third kappa shape index (κ3) is 6.57. The fourth-order valence-electron chi connectivity index (χ4n) is 6.79. The summed E-state index contributed by atoms with van der Waals surface area (Å²) >= 11 is 1.14. The van der Waals surface area contributed by atoms with E-state index in [2.05, 4.69) is 79.1 Å². The Morgan fingerprint density at radius 3 is 1.19 bits per heavy atom. The summed E-state index contributed by atoms with van der Waals surface area (Å²) in [5, 5.41) is 4.19. The highest BCUT2D eigenvalue weighted by Crippen LogP contribution is 2.47. The summed E-state index contributed by atoms with van der Waals surface area (Å²) in [4.78, 5) is 15.5. The number of hydrogen-bond acceptors (Lipinski definition) is 7. The summed E-state index contributed by atoms with van der Waals surface area (Å²) in [6.07, 6.45) is 28.7. The van der Waals surface area contributed by atoms with Crippen molar-refractivity contribution in [3.8, 4) is 0 Å². The monoisotopic (exact) mass is 722 g/mol. The molecule has 0 unspecified atom stereocenters. The molecular weight excluding hydrogens is 681 g/mol. The molecule has 6 aromatic rings. The van der Waals surface area contributed by atoms with Crippen molar-refractivity contribution in [2.75, 3.05) is 9.80 Å². The van der Waals surface area contributed by atoms with Gasteiger partial charge < -0.3 is 9.80 Å². The SMILES string of the molecule is C=C/C=C(\C=C)N(C(/C=C\C)=C/C=C)c1c2nsnc2c(N(C(/C=C\C)=C/C=C)C(/C=C\C)=C/C=C)c2nc3c4ccccc4c4ccccc4c3nc12. The first-order valence-electron chi connectivity index (χ1n) is 17.6. The van der Waals surface area contributed by atoms with Gasteiger partial charge in [-0.05, 0) is 80.2 Å². The number of hydrogen-bond donors (Lipinski definition) is 0. The zero-order chi connectivity index (χ0) is 38.2. The highest BCUT2D eigenvalue weighted by molar-refractivity contribution is 7.00. The first kappa shape index (κ1) is 37.1. The Morgan fingerprint density at radius 1 is 0.481 bits per heavy atom. The van der Waals surface area contributed by atoms with Crippen LogP contribution < -0.4 is 9.80 Å². The van der Waals surface area contributed by atoms with Crippen molar-refractivity contribution in [1.29, 1.82) is 0 Å². The summed E-state index contributed by atoms with van der Waals surface area (Å²) < 4.78 is 10.1. The minimum atomic E-state index is 0.622. The Morgan fingerprint density at radius 2 is 0.833 bits per heavy atom. The average molecular weight is 723 g/mol. The number of benzene rings is 4. The van der Waals surface area contributed by atoms with E-state index in [4.69, 9.17) is 18.7 Å². The van der Waals surface area contributed by atoms with E-state index in [1.54, 1.807) is 30.4 Å². The molecule has 0 saturated heterocycles. The van der Waals surface area contributed by atoms with Crippen molar-refractivity contribution in [2.24, 2.45) is 0 Å². The van der Waals surface area contributed by atoms with Crippen LogP contribution in [-0.4, -0.2) is 18.7 Å². The van der Waals surface area contributed by atoms with E-state index in [-0.39, 0.29) is 0 Å². The van der Waals surface area contributed by atoms with Crippen LogP contribution in [0.4, 0.5) is 11.4 Å². The van der Waals surface area contributed by atoms with Crippen LogP contribution in [0.15, 0.2) is 195 Å². The summed E-state index contributed by atoms with van der Waals surface area (Å²) in [5.41, 5.74) is 8.74. The number of anilines is 2. The second kappa shape index (κ2) is 16.8. The molecule has 0 N–H and O–H groups in total. The van der Waals surface area contributed by atoms with Gasteiger partial charge in [-0.2, -0.15) is 8.75 Å². The van der Waals surface area contributed by atoms with Gasteiger partial charge in [-0.3, -0.25) is 0 Å². The minimum absolute atomic E-state index is 0.622. The lowest BCUT2D eigenvalue weighted by Gasteiger charge is -2.31. The van der Waals surface area contributed by atoms with Crippen molar-refractivity contribution >= 4 is 77.7 Å². The molecule has 0 amide bonds. The molecule has 0 spiro atoms. The molecule has 2 aromatic heterocycles. The quantitative estimate of drug-likeness (QED) is 0.0483. The van der Waals surface area contributed by atoms with Crippen LogP contribution in [0.1, 0.15) is 20.8 Å². The second-order valence-electron chi connectivity index (χ2n) is 12.1. The maximum atomic E-state index is 5.67. The minimum Gasteiger partial charge on any atom is -0.306 e. The smallest absolute Gasteiger partial charge is 0.133 e. The Hall–Kier alpha value is -6.70. The fourth-order valence-corrected chi connectivity index (χ4v) is 7.34. The Labute approximate surface area is 321 Å². The van der Waals surface area contributed by atoms with Gasteiger partial charge in [0.25, 0.3) is 0 Å². The Bertz CT molecular complexity index is 2660. The van der Waals surface area contributed by atoms with Gasteiger partial charge in [0.15, 0.2) is 0 Å². The summed E-state index contributed by atoms with van der Waals surface area (Å²) in [7, 11) is 0. The molecule has 0 saturated carbocycles. The zero-order valence-corrected chi connectivity index (χ0v) is 31.7. The second-order valence-corrected chi connectivity index (χ2v) is 12.6. The first-order chi connectivity index (χ1) is 26.5. The summed E-state index contributed by atoms with van der Waals surface area (Å²) in [6.45, 7) is 26.4. The van der Waals surface area contributed by atoms with E-state index in [1.165, 1.54) is 0 Å². The van der Waals surface area contributed by atoms with E-state index in [0.717, 1.165) is 72.8 Å². The molecule has 0 aliphatic rings. The largest absolute Gasteiger partial charge is 0.306 e. The molecule has 54 heavy (non-hydrogen) atoms. The van der Waals surface area contributed by atoms with Crippen LogP contribution >= 0.6 is 11.7 Å². The maximum Gasteiger partial charge on any atom is 0.133 e. The molecular formula is C47H42N6S. The standard InChI is InChI=1S/C47H42N6S/c1-9-21-32(16-8)52(33(22-10-2)23-11-3)46-42-43(49-41-39-31-20-18-29-37(39)36-28-17-19-30-38(36)40(41)48-42)47(45-44(46)50-54-51-45)53(34(24-12-4)25-13-5)35(26-14-6)27-15-7/h9-31H,1-2,4,6,8H2,3,5,7H3/b23-11-,25-13-,27-15-,32-21+,33-22+,34-24+,35-26+. The van der Waals surface area contributed by atoms with Crippen molar-refractivity contribution in [3.05, 3.63) is 195 Å². The van der Waals surface area contributed by atoms with E-state index < -0.39 is 0 Å². The molecule has 0 aliphatic carbocycles. The van der Waals surface area contributed by atoms with Gasteiger partial charge in [-0.25, -0.2) is 9.97 Å². The molecule has 2 heterocycles. The molecule has 0 radical (unpaired) electrons. The van der Waals surface area contributed by atoms with Crippen LogP contribution in [0.2, 0.25) is 0 Å². The van der Waals surface area contributed by atoms with E-state index in [1.807, 2.05) is 93.7 Å². The number of nitrogens with zero attached hydrogens (tertiary/aromatic N) is 6.